The molecule has 1 fully saturated rings. The number of aromatic nitrogens is 3. The van der Waals surface area contributed by atoms with Gasteiger partial charge in [0.25, 0.3) is 0 Å². The van der Waals surface area contributed by atoms with Gasteiger partial charge in [-0.05, 0) is 50.9 Å². The summed E-state index contributed by atoms with van der Waals surface area (Å²) in [7, 11) is 8.06. The summed E-state index contributed by atoms with van der Waals surface area (Å²) in [5, 5.41) is 9.93. The fourth-order valence-electron chi connectivity index (χ4n) is 5.13. The molecule has 4 rings (SSSR count). The van der Waals surface area contributed by atoms with E-state index < -0.39 is 0 Å². The number of hydrogen-bond donors (Lipinski definition) is 3. The first-order chi connectivity index (χ1) is 16.0. The highest BCUT2D eigenvalue weighted by molar-refractivity contribution is 5.34. The highest BCUT2D eigenvalue weighted by Gasteiger charge is 2.45. The molecule has 0 spiro atoms. The summed E-state index contributed by atoms with van der Waals surface area (Å²) >= 11 is 0. The van der Waals surface area contributed by atoms with Gasteiger partial charge in [-0.15, -0.1) is 0 Å². The number of nitrogens with zero attached hydrogens (tertiary/aromatic N) is 4. The first-order valence-electron chi connectivity index (χ1n) is 11.7. The van der Waals surface area contributed by atoms with E-state index in [1.165, 1.54) is 11.1 Å². The molecule has 2 aromatic carbocycles. The predicted octanol–water partition coefficient (Wildman–Crippen LogP) is 3.97. The van der Waals surface area contributed by atoms with Crippen molar-refractivity contribution >= 4 is 11.9 Å². The number of anilines is 2. The van der Waals surface area contributed by atoms with Crippen LogP contribution in [0.3, 0.4) is 0 Å². The molecule has 0 amide bonds. The minimum Gasteiger partial charge on any atom is -0.357 e. The van der Waals surface area contributed by atoms with Gasteiger partial charge < -0.3 is 16.0 Å². The molecule has 1 heterocycles. The van der Waals surface area contributed by atoms with E-state index in [0.29, 0.717) is 18.4 Å². The summed E-state index contributed by atoms with van der Waals surface area (Å²) in [4.78, 5) is 15.9. The maximum Gasteiger partial charge on any atom is 0.227 e. The average molecular weight is 446 g/mol. The SMILES string of the molecule is CNc1nc(CNC2(c3ccccc3)CCC(c3ccccc3)(N(C)C)CC2)nc(NC)n1. The quantitative estimate of drug-likeness (QED) is 0.484. The zero-order valence-electron chi connectivity index (χ0n) is 20.1. The predicted molar refractivity (Wildman–Crippen MR) is 134 cm³/mol. The van der Waals surface area contributed by atoms with Crippen molar-refractivity contribution in [3.8, 4) is 0 Å². The van der Waals surface area contributed by atoms with E-state index in [9.17, 15) is 0 Å². The van der Waals surface area contributed by atoms with Crippen molar-refractivity contribution in [2.75, 3.05) is 38.8 Å². The molecule has 1 aliphatic rings. The number of benzene rings is 2. The van der Waals surface area contributed by atoms with Crippen LogP contribution >= 0.6 is 0 Å². The first-order valence-corrected chi connectivity index (χ1v) is 11.7. The second-order valence-corrected chi connectivity index (χ2v) is 8.99. The van der Waals surface area contributed by atoms with Gasteiger partial charge >= 0.3 is 0 Å². The second-order valence-electron chi connectivity index (χ2n) is 8.99. The Morgan fingerprint density at radius 3 is 1.73 bits per heavy atom. The molecule has 174 valence electrons. The molecule has 7 heteroatoms. The second kappa shape index (κ2) is 9.85. The molecule has 0 atom stereocenters. The van der Waals surface area contributed by atoms with Crippen molar-refractivity contribution in [2.24, 2.45) is 0 Å². The lowest BCUT2D eigenvalue weighted by atomic mass is 9.66. The largest absolute Gasteiger partial charge is 0.357 e. The van der Waals surface area contributed by atoms with Crippen molar-refractivity contribution in [3.63, 3.8) is 0 Å². The molecule has 1 aromatic heterocycles. The van der Waals surface area contributed by atoms with Gasteiger partial charge in [0.05, 0.1) is 6.54 Å². The van der Waals surface area contributed by atoms with Gasteiger partial charge in [0.15, 0.2) is 0 Å². The van der Waals surface area contributed by atoms with Gasteiger partial charge in [-0.3, -0.25) is 4.90 Å². The summed E-state index contributed by atoms with van der Waals surface area (Å²) in [6.07, 6.45) is 4.17. The zero-order chi connectivity index (χ0) is 23.3. The Hall–Kier alpha value is -3.03. The van der Waals surface area contributed by atoms with Crippen molar-refractivity contribution in [1.29, 1.82) is 0 Å². The van der Waals surface area contributed by atoms with Crippen molar-refractivity contribution in [2.45, 2.75) is 43.3 Å². The maximum absolute atomic E-state index is 4.57. The lowest BCUT2D eigenvalue weighted by molar-refractivity contribution is 0.0521. The Morgan fingerprint density at radius 2 is 1.24 bits per heavy atom. The van der Waals surface area contributed by atoms with Crippen LogP contribution in [-0.4, -0.2) is 48.0 Å². The van der Waals surface area contributed by atoms with Crippen LogP contribution in [0.2, 0.25) is 0 Å². The molecule has 0 radical (unpaired) electrons. The van der Waals surface area contributed by atoms with Gasteiger partial charge in [-0.1, -0.05) is 60.7 Å². The fraction of sp³-hybridized carbons (Fsp3) is 0.423. The van der Waals surface area contributed by atoms with Crippen LogP contribution in [0.25, 0.3) is 0 Å². The Balaban J connectivity index is 1.62. The fourth-order valence-corrected chi connectivity index (χ4v) is 5.13. The molecule has 0 bridgehead atoms. The number of nitrogens with one attached hydrogen (secondary N) is 3. The first kappa shape index (κ1) is 23.1. The van der Waals surface area contributed by atoms with Crippen LogP contribution in [-0.2, 0) is 17.6 Å². The Bertz CT molecular complexity index is 1010. The maximum atomic E-state index is 4.57. The molecular formula is C26H35N7. The zero-order valence-corrected chi connectivity index (χ0v) is 20.1. The van der Waals surface area contributed by atoms with Crippen LogP contribution in [0.5, 0.6) is 0 Å². The van der Waals surface area contributed by atoms with Gasteiger partial charge in [-0.25, -0.2) is 0 Å². The van der Waals surface area contributed by atoms with E-state index in [0.717, 1.165) is 31.5 Å². The molecular weight excluding hydrogens is 410 g/mol. The van der Waals surface area contributed by atoms with E-state index >= 15 is 0 Å². The lowest BCUT2D eigenvalue weighted by Crippen LogP contribution is -2.52. The molecule has 33 heavy (non-hydrogen) atoms. The van der Waals surface area contributed by atoms with Gasteiger partial charge in [0, 0.05) is 25.2 Å². The third kappa shape index (κ3) is 4.70. The van der Waals surface area contributed by atoms with Crippen LogP contribution in [0.1, 0.15) is 42.6 Å². The molecule has 1 saturated carbocycles. The van der Waals surface area contributed by atoms with E-state index in [1.807, 2.05) is 14.1 Å². The van der Waals surface area contributed by atoms with Crippen LogP contribution in [0, 0.1) is 0 Å². The van der Waals surface area contributed by atoms with Crippen molar-refractivity contribution in [1.82, 2.24) is 25.2 Å². The number of hydrogen-bond acceptors (Lipinski definition) is 7. The molecule has 7 nitrogen and oxygen atoms in total. The normalized spacial score (nSPS) is 22.8. The lowest BCUT2D eigenvalue weighted by Gasteiger charge is -2.50. The molecule has 0 saturated heterocycles. The smallest absolute Gasteiger partial charge is 0.227 e. The highest BCUT2D eigenvalue weighted by atomic mass is 15.2. The molecule has 0 unspecified atom stereocenters. The Morgan fingerprint density at radius 1 is 0.727 bits per heavy atom. The van der Waals surface area contributed by atoms with Crippen LogP contribution < -0.4 is 16.0 Å². The third-order valence-electron chi connectivity index (χ3n) is 7.14. The average Bonchev–Trinajstić information content (AvgIpc) is 2.88. The van der Waals surface area contributed by atoms with E-state index in [1.54, 1.807) is 0 Å². The number of rotatable bonds is 8. The van der Waals surface area contributed by atoms with Gasteiger partial charge in [0.2, 0.25) is 11.9 Å². The van der Waals surface area contributed by atoms with Gasteiger partial charge in [-0.2, -0.15) is 15.0 Å². The van der Waals surface area contributed by atoms with Crippen LogP contribution in [0.4, 0.5) is 11.9 Å². The highest BCUT2D eigenvalue weighted by Crippen LogP contribution is 2.48. The van der Waals surface area contributed by atoms with Crippen molar-refractivity contribution < 1.29 is 0 Å². The van der Waals surface area contributed by atoms with Crippen molar-refractivity contribution in [3.05, 3.63) is 77.6 Å². The standard InChI is InChI=1S/C26H35N7/c1-27-23-30-22(31-24(28-2)32-23)19-29-25(20-11-7-5-8-12-20)15-17-26(18-16-25,33(3)4)21-13-9-6-10-14-21/h5-14,29H,15-19H2,1-4H3,(H2,27,28,30,31,32). The summed E-state index contributed by atoms with van der Waals surface area (Å²) in [6.45, 7) is 0.571. The minimum absolute atomic E-state index is 0.0347. The van der Waals surface area contributed by atoms with Crippen LogP contribution in [0.15, 0.2) is 60.7 Å². The Labute approximate surface area is 197 Å². The molecule has 3 N–H and O–H groups in total. The summed E-state index contributed by atoms with van der Waals surface area (Å²) in [5.41, 5.74) is 2.61. The van der Waals surface area contributed by atoms with E-state index in [-0.39, 0.29) is 11.1 Å². The van der Waals surface area contributed by atoms with Gasteiger partial charge in [0.1, 0.15) is 5.82 Å². The van der Waals surface area contributed by atoms with E-state index in [2.05, 4.69) is 111 Å². The third-order valence-corrected chi connectivity index (χ3v) is 7.14. The summed E-state index contributed by atoms with van der Waals surface area (Å²) in [5.74, 6) is 1.86. The Kier molecular flexibility index (Phi) is 6.91. The molecule has 0 aliphatic heterocycles. The minimum atomic E-state index is -0.137. The summed E-state index contributed by atoms with van der Waals surface area (Å²) < 4.78 is 0. The molecule has 1 aliphatic carbocycles. The topological polar surface area (TPSA) is 78.0 Å². The molecule has 3 aromatic rings. The summed E-state index contributed by atoms with van der Waals surface area (Å²) in [6, 6.07) is 21.8. The monoisotopic (exact) mass is 445 g/mol. The van der Waals surface area contributed by atoms with E-state index in [4.69, 9.17) is 0 Å².